The molecule has 24 heavy (non-hydrogen) atoms. The van der Waals surface area contributed by atoms with E-state index in [1.807, 2.05) is 31.2 Å². The van der Waals surface area contributed by atoms with E-state index < -0.39 is 5.97 Å². The third-order valence-electron chi connectivity index (χ3n) is 4.32. The molecule has 0 saturated heterocycles. The van der Waals surface area contributed by atoms with Gasteiger partial charge >= 0.3 is 5.97 Å². The van der Waals surface area contributed by atoms with Crippen LogP contribution in [0, 0.1) is 0 Å². The van der Waals surface area contributed by atoms with Crippen molar-refractivity contribution >= 4 is 5.97 Å². The maximum absolute atomic E-state index is 11.1. The van der Waals surface area contributed by atoms with E-state index in [1.54, 1.807) is 18.2 Å². The van der Waals surface area contributed by atoms with Gasteiger partial charge in [-0.3, -0.25) is 4.90 Å². The van der Waals surface area contributed by atoms with Crippen molar-refractivity contribution in [3.8, 4) is 0 Å². The first-order valence-corrected chi connectivity index (χ1v) is 8.23. The van der Waals surface area contributed by atoms with Crippen LogP contribution in [0.15, 0.2) is 54.6 Å². The number of hydrogen-bond acceptors (Lipinski definition) is 3. The molecule has 0 aliphatic carbocycles. The van der Waals surface area contributed by atoms with Gasteiger partial charge in [0, 0.05) is 19.1 Å². The number of nitrogens with zero attached hydrogens (tertiary/aromatic N) is 1. The summed E-state index contributed by atoms with van der Waals surface area (Å²) in [5.74, 6) is -0.598. The van der Waals surface area contributed by atoms with Crippen LogP contribution in [0.4, 0.5) is 0 Å². The molecule has 2 aromatic carbocycles. The van der Waals surface area contributed by atoms with Crippen molar-refractivity contribution in [3.63, 3.8) is 0 Å². The van der Waals surface area contributed by atoms with E-state index >= 15 is 0 Å². The Morgan fingerprint density at radius 3 is 2.42 bits per heavy atom. The van der Waals surface area contributed by atoms with Gasteiger partial charge in [0.1, 0.15) is 0 Å². The molecule has 0 amide bonds. The molecule has 0 aliphatic rings. The highest BCUT2D eigenvalue weighted by Crippen LogP contribution is 2.19. The van der Waals surface area contributed by atoms with E-state index in [2.05, 4.69) is 24.0 Å². The molecule has 0 fully saturated rings. The average molecular weight is 327 g/mol. The third kappa shape index (κ3) is 4.91. The van der Waals surface area contributed by atoms with Crippen molar-refractivity contribution in [2.75, 3.05) is 13.2 Å². The minimum atomic E-state index is -0.920. The van der Waals surface area contributed by atoms with Crippen LogP contribution in [-0.2, 0) is 6.54 Å². The molecule has 0 saturated carbocycles. The van der Waals surface area contributed by atoms with Crippen LogP contribution in [-0.4, -0.2) is 40.3 Å². The number of carboxylic acids is 1. The van der Waals surface area contributed by atoms with Crippen LogP contribution in [0.3, 0.4) is 0 Å². The lowest BCUT2D eigenvalue weighted by Crippen LogP contribution is -2.37. The lowest BCUT2D eigenvalue weighted by Gasteiger charge is -2.30. The van der Waals surface area contributed by atoms with Gasteiger partial charge in [0.2, 0.25) is 0 Å². The van der Waals surface area contributed by atoms with Gasteiger partial charge in [0.05, 0.1) is 12.2 Å². The molecule has 2 atom stereocenters. The number of carbonyl (C=O) groups is 1. The second-order valence-electron chi connectivity index (χ2n) is 6.28. The largest absolute Gasteiger partial charge is 0.478 e. The van der Waals surface area contributed by atoms with Gasteiger partial charge in [0.25, 0.3) is 0 Å². The molecule has 0 heterocycles. The Kier molecular flexibility index (Phi) is 6.53. The standard InChI is InChI=1S/C20H25NO3/c1-15(18-8-4-3-5-9-18)12-21(16(2)14-22)13-17-7-6-10-19(11-17)20(23)24/h3-11,15-16,22H,12-14H2,1-2H3,(H,23,24)/t15?,16-/m0/s1. The SMILES string of the molecule is CC(CN(Cc1cccc(C(=O)O)c1)[C@@H](C)CO)c1ccccc1. The van der Waals surface area contributed by atoms with Crippen LogP contribution < -0.4 is 0 Å². The maximum Gasteiger partial charge on any atom is 0.335 e. The molecule has 2 N–H and O–H groups in total. The molecule has 0 radical (unpaired) electrons. The fraction of sp³-hybridized carbons (Fsp3) is 0.350. The molecule has 1 unspecified atom stereocenters. The number of carboxylic acid groups (broad SMARTS) is 1. The third-order valence-corrected chi connectivity index (χ3v) is 4.32. The zero-order valence-electron chi connectivity index (χ0n) is 14.2. The summed E-state index contributed by atoms with van der Waals surface area (Å²) in [6, 6.07) is 17.3. The van der Waals surface area contributed by atoms with E-state index in [0.717, 1.165) is 12.1 Å². The molecule has 4 nitrogen and oxygen atoms in total. The highest BCUT2D eigenvalue weighted by Gasteiger charge is 2.18. The van der Waals surface area contributed by atoms with Crippen molar-refractivity contribution < 1.29 is 15.0 Å². The molecule has 128 valence electrons. The number of aromatic carboxylic acids is 1. The molecule has 2 rings (SSSR count). The summed E-state index contributed by atoms with van der Waals surface area (Å²) in [5, 5.41) is 18.7. The number of hydrogen-bond donors (Lipinski definition) is 2. The van der Waals surface area contributed by atoms with Crippen molar-refractivity contribution in [1.82, 2.24) is 4.90 Å². The van der Waals surface area contributed by atoms with Gasteiger partial charge in [-0.15, -0.1) is 0 Å². The number of rotatable bonds is 8. The molecule has 0 bridgehead atoms. The second-order valence-corrected chi connectivity index (χ2v) is 6.28. The van der Waals surface area contributed by atoms with Crippen LogP contribution in [0.5, 0.6) is 0 Å². The van der Waals surface area contributed by atoms with Crippen LogP contribution in [0.1, 0.15) is 41.3 Å². The van der Waals surface area contributed by atoms with E-state index in [9.17, 15) is 9.90 Å². The fourth-order valence-corrected chi connectivity index (χ4v) is 2.79. The van der Waals surface area contributed by atoms with Crippen LogP contribution in [0.25, 0.3) is 0 Å². The number of benzene rings is 2. The van der Waals surface area contributed by atoms with Gasteiger partial charge in [-0.25, -0.2) is 4.79 Å². The zero-order chi connectivity index (χ0) is 17.5. The monoisotopic (exact) mass is 327 g/mol. The first kappa shape index (κ1) is 18.2. The summed E-state index contributed by atoms with van der Waals surface area (Å²) < 4.78 is 0. The van der Waals surface area contributed by atoms with Crippen molar-refractivity contribution in [2.24, 2.45) is 0 Å². The Morgan fingerprint density at radius 1 is 1.08 bits per heavy atom. The fourth-order valence-electron chi connectivity index (χ4n) is 2.79. The predicted octanol–water partition coefficient (Wildman–Crippen LogP) is 3.37. The Labute approximate surface area is 143 Å². The van der Waals surface area contributed by atoms with Gasteiger partial charge in [-0.05, 0) is 36.1 Å². The first-order chi connectivity index (χ1) is 11.5. The quantitative estimate of drug-likeness (QED) is 0.780. The highest BCUT2D eigenvalue weighted by atomic mass is 16.4. The zero-order valence-corrected chi connectivity index (χ0v) is 14.2. The van der Waals surface area contributed by atoms with E-state index in [0.29, 0.717) is 18.0 Å². The van der Waals surface area contributed by atoms with Gasteiger partial charge in [-0.1, -0.05) is 49.4 Å². The summed E-state index contributed by atoms with van der Waals surface area (Å²) in [6.45, 7) is 5.63. The summed E-state index contributed by atoms with van der Waals surface area (Å²) >= 11 is 0. The first-order valence-electron chi connectivity index (χ1n) is 8.23. The van der Waals surface area contributed by atoms with Gasteiger partial charge in [-0.2, -0.15) is 0 Å². The molecular weight excluding hydrogens is 302 g/mol. The predicted molar refractivity (Wildman–Crippen MR) is 95.2 cm³/mol. The summed E-state index contributed by atoms with van der Waals surface area (Å²) in [5.41, 5.74) is 2.49. The molecule has 4 heteroatoms. The van der Waals surface area contributed by atoms with Crippen molar-refractivity contribution in [2.45, 2.75) is 32.4 Å². The van der Waals surface area contributed by atoms with E-state index in [4.69, 9.17) is 5.11 Å². The maximum atomic E-state index is 11.1. The van der Waals surface area contributed by atoms with Gasteiger partial charge < -0.3 is 10.2 Å². The summed E-state index contributed by atoms with van der Waals surface area (Å²) in [7, 11) is 0. The normalized spacial score (nSPS) is 13.7. The minimum Gasteiger partial charge on any atom is -0.478 e. The number of aliphatic hydroxyl groups excluding tert-OH is 1. The van der Waals surface area contributed by atoms with Crippen LogP contribution >= 0.6 is 0 Å². The Morgan fingerprint density at radius 2 is 1.79 bits per heavy atom. The highest BCUT2D eigenvalue weighted by molar-refractivity contribution is 5.87. The van der Waals surface area contributed by atoms with Crippen molar-refractivity contribution in [3.05, 3.63) is 71.3 Å². The molecule has 0 spiro atoms. The topological polar surface area (TPSA) is 60.8 Å². The molecular formula is C20H25NO3. The van der Waals surface area contributed by atoms with Crippen molar-refractivity contribution in [1.29, 1.82) is 0 Å². The van der Waals surface area contributed by atoms with E-state index in [-0.39, 0.29) is 12.6 Å². The number of aliphatic hydroxyl groups is 1. The van der Waals surface area contributed by atoms with Gasteiger partial charge in [0.15, 0.2) is 0 Å². The molecule has 0 aliphatic heterocycles. The lowest BCUT2D eigenvalue weighted by atomic mass is 9.99. The van der Waals surface area contributed by atoms with E-state index in [1.165, 1.54) is 5.56 Å². The Hall–Kier alpha value is -2.17. The molecule has 2 aromatic rings. The smallest absolute Gasteiger partial charge is 0.335 e. The molecule has 0 aromatic heterocycles. The summed E-state index contributed by atoms with van der Waals surface area (Å²) in [6.07, 6.45) is 0. The Bertz CT molecular complexity index is 657. The van der Waals surface area contributed by atoms with Crippen LogP contribution in [0.2, 0.25) is 0 Å². The Balaban J connectivity index is 2.14. The lowest BCUT2D eigenvalue weighted by molar-refractivity contribution is 0.0696. The average Bonchev–Trinajstić information content (AvgIpc) is 2.61. The minimum absolute atomic E-state index is 0.00430. The summed E-state index contributed by atoms with van der Waals surface area (Å²) in [4.78, 5) is 13.3. The second kappa shape index (κ2) is 8.62.